The van der Waals surface area contributed by atoms with Gasteiger partial charge in [-0.1, -0.05) is 38.1 Å². The number of carbonyl (C=O) groups is 2. The highest BCUT2D eigenvalue weighted by molar-refractivity contribution is 7.13. The van der Waals surface area contributed by atoms with E-state index >= 15 is 0 Å². The Hall–Kier alpha value is -3.19. The molecule has 0 aliphatic heterocycles. The number of rotatable bonds is 8. The summed E-state index contributed by atoms with van der Waals surface area (Å²) in [6, 6.07) is 14.7. The number of hydrogen-bond donors (Lipinski definition) is 1. The lowest BCUT2D eigenvalue weighted by Gasteiger charge is -2.06. The van der Waals surface area contributed by atoms with E-state index in [2.05, 4.69) is 43.1 Å². The fourth-order valence-corrected chi connectivity index (χ4v) is 3.39. The highest BCUT2D eigenvalue weighted by atomic mass is 32.1. The van der Waals surface area contributed by atoms with E-state index in [1.807, 2.05) is 5.38 Å². The van der Waals surface area contributed by atoms with Gasteiger partial charge in [0.2, 0.25) is 0 Å². The van der Waals surface area contributed by atoms with Gasteiger partial charge in [-0.2, -0.15) is 0 Å². The molecule has 0 saturated carbocycles. The number of esters is 1. The van der Waals surface area contributed by atoms with E-state index in [9.17, 15) is 9.59 Å². The van der Waals surface area contributed by atoms with Gasteiger partial charge in [0.15, 0.2) is 6.61 Å². The summed E-state index contributed by atoms with van der Waals surface area (Å²) in [5, 5.41) is 2.78. The summed E-state index contributed by atoms with van der Waals surface area (Å²) in [5.41, 5.74) is 8.44. The Labute approximate surface area is 173 Å². The van der Waals surface area contributed by atoms with Gasteiger partial charge in [-0.05, 0) is 35.7 Å². The number of ether oxygens (including phenoxy) is 2. The molecule has 0 spiro atoms. The van der Waals surface area contributed by atoms with Crippen molar-refractivity contribution in [3.63, 3.8) is 0 Å². The van der Waals surface area contributed by atoms with Crippen LogP contribution in [0.5, 0.6) is 5.75 Å². The second-order valence-electron chi connectivity index (χ2n) is 6.78. The molecule has 0 aliphatic carbocycles. The quantitative estimate of drug-likeness (QED) is 0.563. The topological polar surface area (TPSA) is 91.5 Å². The number of benzene rings is 2. The normalized spacial score (nSPS) is 10.7. The molecule has 3 aromatic rings. The fourth-order valence-electron chi connectivity index (χ4n) is 2.58. The molecule has 1 aromatic heterocycles. The van der Waals surface area contributed by atoms with E-state index in [4.69, 9.17) is 15.2 Å². The van der Waals surface area contributed by atoms with Crippen molar-refractivity contribution in [3.05, 3.63) is 70.7 Å². The number of thiazole rings is 1. The van der Waals surface area contributed by atoms with Crippen LogP contribution in [0.2, 0.25) is 0 Å². The summed E-state index contributed by atoms with van der Waals surface area (Å²) in [4.78, 5) is 27.5. The minimum atomic E-state index is -0.563. The molecule has 0 atom stereocenters. The van der Waals surface area contributed by atoms with Crippen molar-refractivity contribution in [2.24, 2.45) is 5.73 Å². The number of carbonyl (C=O) groups excluding carboxylic acids is 2. The SMILES string of the molecule is CC(C)c1ccc(-c2nc(COC(=O)c3ccc(OCC(N)=O)cc3)cs2)cc1. The van der Waals surface area contributed by atoms with Crippen LogP contribution < -0.4 is 10.5 Å². The van der Waals surface area contributed by atoms with Gasteiger partial charge in [-0.25, -0.2) is 9.78 Å². The van der Waals surface area contributed by atoms with Crippen molar-refractivity contribution in [2.45, 2.75) is 26.4 Å². The number of nitrogens with zero attached hydrogens (tertiary/aromatic N) is 1. The maximum atomic E-state index is 12.2. The first-order chi connectivity index (χ1) is 13.9. The highest BCUT2D eigenvalue weighted by Crippen LogP contribution is 2.26. The standard InChI is InChI=1S/C22H22N2O4S/c1-14(2)15-3-5-16(6-4-15)21-24-18(13-29-21)11-28-22(26)17-7-9-19(10-8-17)27-12-20(23)25/h3-10,13-14H,11-12H2,1-2H3,(H2,23,25). The van der Waals surface area contributed by atoms with Crippen molar-refractivity contribution >= 4 is 23.2 Å². The van der Waals surface area contributed by atoms with Crippen LogP contribution in [0.4, 0.5) is 0 Å². The highest BCUT2D eigenvalue weighted by Gasteiger charge is 2.11. The summed E-state index contributed by atoms with van der Waals surface area (Å²) in [7, 11) is 0. The first-order valence-corrected chi connectivity index (χ1v) is 10.0. The van der Waals surface area contributed by atoms with Crippen LogP contribution in [-0.4, -0.2) is 23.5 Å². The Balaban J connectivity index is 1.56. The minimum Gasteiger partial charge on any atom is -0.484 e. The predicted octanol–water partition coefficient (Wildman–Crippen LogP) is 4.15. The molecule has 3 rings (SSSR count). The fraction of sp³-hybridized carbons (Fsp3) is 0.227. The van der Waals surface area contributed by atoms with Crippen LogP contribution in [0.3, 0.4) is 0 Å². The molecule has 29 heavy (non-hydrogen) atoms. The molecule has 0 bridgehead atoms. The van der Waals surface area contributed by atoms with Crippen LogP contribution in [-0.2, 0) is 16.1 Å². The Morgan fingerprint density at radius 3 is 2.38 bits per heavy atom. The van der Waals surface area contributed by atoms with Crippen LogP contribution in [0.1, 0.15) is 41.4 Å². The number of primary amides is 1. The summed E-state index contributed by atoms with van der Waals surface area (Å²) in [5.74, 6) is -0.0821. The molecule has 0 aliphatic rings. The van der Waals surface area contributed by atoms with E-state index in [1.54, 1.807) is 24.3 Å². The minimum absolute atomic E-state index is 0.0966. The Morgan fingerprint density at radius 2 is 1.76 bits per heavy atom. The number of nitrogens with two attached hydrogens (primary N) is 1. The molecule has 0 fully saturated rings. The average Bonchev–Trinajstić information content (AvgIpc) is 3.20. The third kappa shape index (κ3) is 5.65. The Kier molecular flexibility index (Phi) is 6.61. The zero-order valence-electron chi connectivity index (χ0n) is 16.3. The molecule has 7 heteroatoms. The van der Waals surface area contributed by atoms with E-state index in [0.29, 0.717) is 22.9 Å². The monoisotopic (exact) mass is 410 g/mol. The molecule has 150 valence electrons. The van der Waals surface area contributed by atoms with Crippen LogP contribution in [0.15, 0.2) is 53.9 Å². The summed E-state index contributed by atoms with van der Waals surface area (Å²) in [6.45, 7) is 4.20. The van der Waals surface area contributed by atoms with Crippen LogP contribution >= 0.6 is 11.3 Å². The van der Waals surface area contributed by atoms with E-state index in [-0.39, 0.29) is 13.2 Å². The first-order valence-electron chi connectivity index (χ1n) is 9.15. The van der Waals surface area contributed by atoms with Crippen molar-refractivity contribution < 1.29 is 19.1 Å². The molecular weight excluding hydrogens is 388 g/mol. The van der Waals surface area contributed by atoms with Crippen molar-refractivity contribution in [1.29, 1.82) is 0 Å². The largest absolute Gasteiger partial charge is 0.484 e. The lowest BCUT2D eigenvalue weighted by atomic mass is 10.0. The smallest absolute Gasteiger partial charge is 0.338 e. The van der Waals surface area contributed by atoms with E-state index in [1.165, 1.54) is 16.9 Å². The molecule has 2 aromatic carbocycles. The Morgan fingerprint density at radius 1 is 1.07 bits per heavy atom. The van der Waals surface area contributed by atoms with Crippen molar-refractivity contribution in [1.82, 2.24) is 4.98 Å². The lowest BCUT2D eigenvalue weighted by molar-refractivity contribution is -0.119. The molecule has 0 unspecified atom stereocenters. The third-order valence-corrected chi connectivity index (χ3v) is 5.14. The van der Waals surface area contributed by atoms with Gasteiger partial charge < -0.3 is 15.2 Å². The number of hydrogen-bond acceptors (Lipinski definition) is 6. The molecular formula is C22H22N2O4S. The van der Waals surface area contributed by atoms with E-state index in [0.717, 1.165) is 10.6 Å². The number of aromatic nitrogens is 1. The molecule has 6 nitrogen and oxygen atoms in total. The average molecular weight is 410 g/mol. The maximum Gasteiger partial charge on any atom is 0.338 e. The summed E-state index contributed by atoms with van der Waals surface area (Å²) >= 11 is 1.52. The molecule has 1 heterocycles. The number of amides is 1. The summed E-state index contributed by atoms with van der Waals surface area (Å²) < 4.78 is 10.5. The first kappa shape index (κ1) is 20.5. The molecule has 0 saturated heterocycles. The third-order valence-electron chi connectivity index (χ3n) is 4.20. The lowest BCUT2D eigenvalue weighted by Crippen LogP contribution is -2.20. The van der Waals surface area contributed by atoms with Gasteiger partial charge in [-0.3, -0.25) is 4.79 Å². The Bertz CT molecular complexity index is 979. The molecule has 1 amide bonds. The molecule has 0 radical (unpaired) electrons. The van der Waals surface area contributed by atoms with E-state index < -0.39 is 11.9 Å². The van der Waals surface area contributed by atoms with Gasteiger partial charge >= 0.3 is 5.97 Å². The van der Waals surface area contributed by atoms with Crippen molar-refractivity contribution in [3.8, 4) is 16.3 Å². The van der Waals surface area contributed by atoms with Gasteiger partial charge in [0.05, 0.1) is 11.3 Å². The maximum absolute atomic E-state index is 12.2. The van der Waals surface area contributed by atoms with Gasteiger partial charge in [0.1, 0.15) is 17.4 Å². The zero-order chi connectivity index (χ0) is 20.8. The van der Waals surface area contributed by atoms with Gasteiger partial charge in [0, 0.05) is 10.9 Å². The predicted molar refractivity (Wildman–Crippen MR) is 112 cm³/mol. The van der Waals surface area contributed by atoms with Crippen LogP contribution in [0, 0.1) is 0 Å². The van der Waals surface area contributed by atoms with Crippen molar-refractivity contribution in [2.75, 3.05) is 6.61 Å². The van der Waals surface area contributed by atoms with Crippen LogP contribution in [0.25, 0.3) is 10.6 Å². The van der Waals surface area contributed by atoms with Gasteiger partial charge in [0.25, 0.3) is 5.91 Å². The second-order valence-corrected chi connectivity index (χ2v) is 7.63. The zero-order valence-corrected chi connectivity index (χ0v) is 17.1. The second kappa shape index (κ2) is 9.34. The molecule has 2 N–H and O–H groups in total. The van der Waals surface area contributed by atoms with Gasteiger partial charge in [-0.15, -0.1) is 11.3 Å². The summed E-state index contributed by atoms with van der Waals surface area (Å²) in [6.07, 6.45) is 0.